The number of rotatable bonds is 3. The van der Waals surface area contributed by atoms with Gasteiger partial charge in [0.25, 0.3) is 0 Å². The van der Waals surface area contributed by atoms with Crippen LogP contribution >= 0.6 is 0 Å². The highest BCUT2D eigenvalue weighted by molar-refractivity contribution is 5.34. The molecule has 0 aliphatic carbocycles. The Morgan fingerprint density at radius 3 is 2.39 bits per heavy atom. The van der Waals surface area contributed by atoms with E-state index in [4.69, 9.17) is 4.42 Å². The molecule has 2 rings (SSSR count). The van der Waals surface area contributed by atoms with E-state index in [0.29, 0.717) is 6.42 Å². The van der Waals surface area contributed by atoms with Crippen LogP contribution in [0.3, 0.4) is 0 Å². The molecule has 1 N–H and O–H groups in total. The van der Waals surface area contributed by atoms with Crippen LogP contribution in [-0.4, -0.2) is 14.9 Å². The molecule has 0 aromatic carbocycles. The van der Waals surface area contributed by atoms with Crippen LogP contribution in [0.5, 0.6) is 0 Å². The molecule has 1 unspecified atom stereocenters. The minimum Gasteiger partial charge on any atom is -0.466 e. The molecule has 0 spiro atoms. The third-order valence-electron chi connectivity index (χ3n) is 3.45. The average Bonchev–Trinajstić information content (AvgIpc) is 2.69. The van der Waals surface area contributed by atoms with Crippen molar-refractivity contribution in [3.05, 3.63) is 40.1 Å². The Morgan fingerprint density at radius 1 is 1.28 bits per heavy atom. The molecule has 0 bridgehead atoms. The second-order valence-corrected chi connectivity index (χ2v) is 4.87. The summed E-state index contributed by atoms with van der Waals surface area (Å²) < 4.78 is 7.37. The number of hydrogen-bond acceptors (Lipinski definition) is 3. The van der Waals surface area contributed by atoms with Crippen LogP contribution in [0.2, 0.25) is 0 Å². The molecule has 0 saturated carbocycles. The number of aliphatic hydroxyl groups is 1. The molecule has 0 amide bonds. The molecule has 98 valence electrons. The number of hydrogen-bond donors (Lipinski definition) is 1. The fourth-order valence-corrected chi connectivity index (χ4v) is 2.45. The zero-order chi connectivity index (χ0) is 13.4. The van der Waals surface area contributed by atoms with Crippen molar-refractivity contribution in [3.8, 4) is 0 Å². The molecule has 2 heterocycles. The first-order valence-electron chi connectivity index (χ1n) is 6.14. The fourth-order valence-electron chi connectivity index (χ4n) is 2.45. The van der Waals surface area contributed by atoms with Crippen molar-refractivity contribution >= 4 is 0 Å². The predicted octanol–water partition coefficient (Wildman–Crippen LogP) is 2.52. The zero-order valence-electron chi connectivity index (χ0n) is 11.6. The lowest BCUT2D eigenvalue weighted by Gasteiger charge is -2.11. The van der Waals surface area contributed by atoms with Gasteiger partial charge in [-0.3, -0.25) is 4.68 Å². The van der Waals surface area contributed by atoms with E-state index in [-0.39, 0.29) is 0 Å². The van der Waals surface area contributed by atoms with E-state index in [1.807, 2.05) is 45.5 Å². The molecule has 1 atom stereocenters. The normalized spacial score (nSPS) is 13.0. The van der Waals surface area contributed by atoms with Gasteiger partial charge in [0, 0.05) is 24.7 Å². The third kappa shape index (κ3) is 2.20. The molecule has 0 aliphatic rings. The predicted molar refractivity (Wildman–Crippen MR) is 69.5 cm³/mol. The van der Waals surface area contributed by atoms with Gasteiger partial charge in [0.05, 0.1) is 11.8 Å². The number of aliphatic hydroxyl groups excluding tert-OH is 1. The molecular formula is C14H20N2O2. The van der Waals surface area contributed by atoms with Crippen molar-refractivity contribution in [2.24, 2.45) is 7.05 Å². The Morgan fingerprint density at radius 2 is 1.94 bits per heavy atom. The lowest BCUT2D eigenvalue weighted by Crippen LogP contribution is -2.07. The second-order valence-electron chi connectivity index (χ2n) is 4.87. The van der Waals surface area contributed by atoms with Gasteiger partial charge < -0.3 is 9.52 Å². The quantitative estimate of drug-likeness (QED) is 0.908. The van der Waals surface area contributed by atoms with Crippen LogP contribution in [0, 0.1) is 27.7 Å². The van der Waals surface area contributed by atoms with E-state index < -0.39 is 6.10 Å². The van der Waals surface area contributed by atoms with Gasteiger partial charge in [-0.25, -0.2) is 0 Å². The van der Waals surface area contributed by atoms with Gasteiger partial charge in [0.1, 0.15) is 11.5 Å². The van der Waals surface area contributed by atoms with Crippen molar-refractivity contribution in [1.29, 1.82) is 0 Å². The van der Waals surface area contributed by atoms with E-state index in [1.54, 1.807) is 0 Å². The second kappa shape index (κ2) is 4.61. The Kier molecular flexibility index (Phi) is 3.30. The summed E-state index contributed by atoms with van der Waals surface area (Å²) in [5.41, 5.74) is 3.94. The van der Waals surface area contributed by atoms with Gasteiger partial charge in [0.2, 0.25) is 0 Å². The topological polar surface area (TPSA) is 51.2 Å². The van der Waals surface area contributed by atoms with Crippen molar-refractivity contribution in [2.75, 3.05) is 0 Å². The van der Waals surface area contributed by atoms with Gasteiger partial charge >= 0.3 is 0 Å². The Balaban J connectivity index is 2.27. The first kappa shape index (κ1) is 12.9. The number of aryl methyl sites for hydroxylation is 4. The minimum atomic E-state index is -0.544. The summed E-state index contributed by atoms with van der Waals surface area (Å²) in [4.78, 5) is 0. The SMILES string of the molecule is Cc1cc(CC(O)c2c(C)oc(C)c2C)n(C)n1. The van der Waals surface area contributed by atoms with Crippen LogP contribution in [0.4, 0.5) is 0 Å². The average molecular weight is 248 g/mol. The lowest BCUT2D eigenvalue weighted by atomic mass is 10.0. The molecule has 0 saturated heterocycles. The maximum absolute atomic E-state index is 10.4. The van der Waals surface area contributed by atoms with E-state index in [0.717, 1.165) is 34.0 Å². The number of aromatic nitrogens is 2. The first-order valence-corrected chi connectivity index (χ1v) is 6.14. The van der Waals surface area contributed by atoms with Gasteiger partial charge in [0.15, 0.2) is 0 Å². The maximum atomic E-state index is 10.4. The third-order valence-corrected chi connectivity index (χ3v) is 3.45. The van der Waals surface area contributed by atoms with Gasteiger partial charge in [-0.15, -0.1) is 0 Å². The van der Waals surface area contributed by atoms with Crippen molar-refractivity contribution in [3.63, 3.8) is 0 Å². The van der Waals surface area contributed by atoms with Gasteiger partial charge in [-0.2, -0.15) is 5.10 Å². The monoisotopic (exact) mass is 248 g/mol. The Labute approximate surface area is 107 Å². The molecule has 0 radical (unpaired) electrons. The number of furan rings is 1. The number of nitrogens with zero attached hydrogens (tertiary/aromatic N) is 2. The molecule has 0 fully saturated rings. The zero-order valence-corrected chi connectivity index (χ0v) is 11.6. The standard InChI is InChI=1S/C14H20N2O2/c1-8-6-12(16(5)15-8)7-13(17)14-9(2)10(3)18-11(14)4/h6,13,17H,7H2,1-5H3. The maximum Gasteiger partial charge on any atom is 0.107 e. The fraction of sp³-hybridized carbons (Fsp3) is 0.500. The smallest absolute Gasteiger partial charge is 0.107 e. The van der Waals surface area contributed by atoms with Crippen LogP contribution in [0.15, 0.2) is 10.5 Å². The van der Waals surface area contributed by atoms with Crippen LogP contribution in [-0.2, 0) is 13.5 Å². The van der Waals surface area contributed by atoms with Gasteiger partial charge in [-0.1, -0.05) is 0 Å². The molecule has 4 nitrogen and oxygen atoms in total. The summed E-state index contributed by atoms with van der Waals surface area (Å²) in [6.07, 6.45) is 0.00935. The van der Waals surface area contributed by atoms with Crippen LogP contribution in [0.25, 0.3) is 0 Å². The molecular weight excluding hydrogens is 228 g/mol. The van der Waals surface area contributed by atoms with Crippen LogP contribution in [0.1, 0.15) is 40.1 Å². The largest absolute Gasteiger partial charge is 0.466 e. The van der Waals surface area contributed by atoms with Crippen molar-refractivity contribution in [2.45, 2.75) is 40.2 Å². The summed E-state index contributed by atoms with van der Waals surface area (Å²) in [6.45, 7) is 7.76. The van der Waals surface area contributed by atoms with Crippen molar-refractivity contribution in [1.82, 2.24) is 9.78 Å². The Bertz CT molecular complexity index is 567. The summed E-state index contributed by atoms with van der Waals surface area (Å²) in [6, 6.07) is 2.00. The van der Waals surface area contributed by atoms with E-state index in [2.05, 4.69) is 5.10 Å². The molecule has 18 heavy (non-hydrogen) atoms. The molecule has 2 aromatic heterocycles. The van der Waals surface area contributed by atoms with Crippen LogP contribution < -0.4 is 0 Å². The molecule has 2 aromatic rings. The highest BCUT2D eigenvalue weighted by atomic mass is 16.3. The summed E-state index contributed by atoms with van der Waals surface area (Å²) >= 11 is 0. The molecule has 4 heteroatoms. The van der Waals surface area contributed by atoms with E-state index >= 15 is 0 Å². The first-order chi connectivity index (χ1) is 8.40. The Hall–Kier alpha value is -1.55. The van der Waals surface area contributed by atoms with Gasteiger partial charge in [-0.05, 0) is 39.3 Å². The minimum absolute atomic E-state index is 0.544. The van der Waals surface area contributed by atoms with E-state index in [9.17, 15) is 5.11 Å². The highest BCUT2D eigenvalue weighted by Crippen LogP contribution is 2.29. The summed E-state index contributed by atoms with van der Waals surface area (Å²) in [7, 11) is 1.90. The summed E-state index contributed by atoms with van der Waals surface area (Å²) in [5.74, 6) is 1.68. The van der Waals surface area contributed by atoms with Crippen molar-refractivity contribution < 1.29 is 9.52 Å². The van der Waals surface area contributed by atoms with E-state index in [1.165, 1.54) is 0 Å². The summed E-state index contributed by atoms with van der Waals surface area (Å²) in [5, 5.41) is 14.7. The lowest BCUT2D eigenvalue weighted by molar-refractivity contribution is 0.173. The highest BCUT2D eigenvalue weighted by Gasteiger charge is 2.20. The molecule has 0 aliphatic heterocycles.